The fourth-order valence-corrected chi connectivity index (χ4v) is 4.23. The first-order valence-corrected chi connectivity index (χ1v) is 11.7. The minimum atomic E-state index is -0.385. The van der Waals surface area contributed by atoms with E-state index in [0.29, 0.717) is 42.3 Å². The molecule has 0 saturated heterocycles. The second kappa shape index (κ2) is 11.2. The first-order chi connectivity index (χ1) is 16.1. The van der Waals surface area contributed by atoms with Gasteiger partial charge in [-0.25, -0.2) is 4.98 Å². The fraction of sp³-hybridized carbons (Fsp3) is 0.417. The zero-order valence-corrected chi connectivity index (χ0v) is 19.4. The van der Waals surface area contributed by atoms with Crippen molar-refractivity contribution < 1.29 is 14.3 Å². The minimum absolute atomic E-state index is 0.179. The van der Waals surface area contributed by atoms with Crippen molar-refractivity contribution in [1.29, 1.82) is 0 Å². The number of pyridine rings is 1. The van der Waals surface area contributed by atoms with Gasteiger partial charge < -0.3 is 19.8 Å². The molecule has 1 amide bonds. The number of H-pyrrole nitrogens is 1. The van der Waals surface area contributed by atoms with Crippen LogP contribution in [0.3, 0.4) is 0 Å². The van der Waals surface area contributed by atoms with E-state index >= 15 is 0 Å². The van der Waals surface area contributed by atoms with Crippen molar-refractivity contribution in [3.63, 3.8) is 0 Å². The monoisotopic (exact) mass is 469 g/mol. The van der Waals surface area contributed by atoms with E-state index in [0.717, 1.165) is 23.4 Å². The van der Waals surface area contributed by atoms with Crippen LogP contribution in [-0.4, -0.2) is 45.9 Å². The zero-order valence-electron chi connectivity index (χ0n) is 18.6. The maximum atomic E-state index is 12.7. The highest BCUT2D eigenvalue weighted by molar-refractivity contribution is 6.33. The molecule has 0 spiro atoms. The number of benzene rings is 1. The molecule has 2 N–H and O–H groups in total. The Morgan fingerprint density at radius 1 is 1.18 bits per heavy atom. The van der Waals surface area contributed by atoms with Crippen molar-refractivity contribution in [2.75, 3.05) is 25.1 Å². The van der Waals surface area contributed by atoms with Gasteiger partial charge in [0, 0.05) is 29.8 Å². The van der Waals surface area contributed by atoms with Gasteiger partial charge in [-0.15, -0.1) is 10.2 Å². The number of nitrogens with zero attached hydrogens (tertiary/aromatic N) is 3. The third-order valence-corrected chi connectivity index (χ3v) is 5.99. The number of rotatable bonds is 10. The van der Waals surface area contributed by atoms with Gasteiger partial charge in [-0.05, 0) is 48.7 Å². The Balaban J connectivity index is 1.42. The smallest absolute Gasteiger partial charge is 0.294 e. The van der Waals surface area contributed by atoms with Crippen LogP contribution in [-0.2, 0) is 11.2 Å². The molecule has 9 heteroatoms. The first-order valence-electron chi connectivity index (χ1n) is 11.3. The van der Waals surface area contributed by atoms with E-state index in [9.17, 15) is 4.79 Å². The summed E-state index contributed by atoms with van der Waals surface area (Å²) in [5.41, 5.74) is 1.59. The second-order valence-corrected chi connectivity index (χ2v) is 8.45. The average molecular weight is 470 g/mol. The molecule has 33 heavy (non-hydrogen) atoms. The van der Waals surface area contributed by atoms with Gasteiger partial charge in [-0.3, -0.25) is 4.79 Å². The summed E-state index contributed by atoms with van der Waals surface area (Å²) in [6.07, 6.45) is 7.40. The van der Waals surface area contributed by atoms with Crippen LogP contribution < -0.4 is 10.1 Å². The largest absolute Gasteiger partial charge is 0.491 e. The summed E-state index contributed by atoms with van der Waals surface area (Å²) in [7, 11) is 0. The van der Waals surface area contributed by atoms with Crippen molar-refractivity contribution in [2.24, 2.45) is 5.92 Å². The van der Waals surface area contributed by atoms with E-state index < -0.39 is 0 Å². The molecule has 1 saturated carbocycles. The highest BCUT2D eigenvalue weighted by atomic mass is 35.5. The lowest BCUT2D eigenvalue weighted by atomic mass is 10.0. The van der Waals surface area contributed by atoms with Crippen LogP contribution in [0, 0.1) is 5.92 Å². The number of amides is 1. The Kier molecular flexibility index (Phi) is 7.91. The molecule has 1 fully saturated rings. The van der Waals surface area contributed by atoms with Crippen molar-refractivity contribution in [3.8, 4) is 16.9 Å². The molecule has 4 rings (SSSR count). The number of carbonyl (C=O) groups is 1. The van der Waals surface area contributed by atoms with Crippen molar-refractivity contribution in [3.05, 3.63) is 53.2 Å². The van der Waals surface area contributed by atoms with Crippen molar-refractivity contribution >= 4 is 23.3 Å². The van der Waals surface area contributed by atoms with E-state index in [2.05, 4.69) is 25.5 Å². The Bertz CT molecular complexity index is 1080. The molecule has 2 heterocycles. The predicted molar refractivity (Wildman–Crippen MR) is 127 cm³/mol. The van der Waals surface area contributed by atoms with Gasteiger partial charge in [0.1, 0.15) is 24.0 Å². The van der Waals surface area contributed by atoms with Gasteiger partial charge in [-0.1, -0.05) is 37.3 Å². The summed E-state index contributed by atoms with van der Waals surface area (Å²) < 4.78 is 11.0. The number of nitrogens with one attached hydrogen (secondary N) is 2. The lowest BCUT2D eigenvalue weighted by Gasteiger charge is -2.11. The van der Waals surface area contributed by atoms with Crippen LogP contribution in [0.2, 0.25) is 5.02 Å². The Labute approximate surface area is 198 Å². The van der Waals surface area contributed by atoms with Crippen LogP contribution in [0.25, 0.3) is 11.1 Å². The molecule has 1 aliphatic carbocycles. The number of hydrogen-bond donors (Lipinski definition) is 2. The summed E-state index contributed by atoms with van der Waals surface area (Å²) in [6, 6.07) is 9.05. The van der Waals surface area contributed by atoms with Crippen molar-refractivity contribution in [1.82, 2.24) is 20.2 Å². The molecule has 0 atom stereocenters. The SMILES string of the molecule is CCOCCOc1ccc(Cl)c(-c2ccnc(NC(=O)c3nnc(CC4CCCC4)[nH]3)c2)c1. The van der Waals surface area contributed by atoms with Gasteiger partial charge in [0.2, 0.25) is 5.82 Å². The lowest BCUT2D eigenvalue weighted by molar-refractivity contribution is 0.101. The van der Waals surface area contributed by atoms with Gasteiger partial charge in [0.25, 0.3) is 5.91 Å². The Morgan fingerprint density at radius 2 is 2.03 bits per heavy atom. The van der Waals surface area contributed by atoms with Crippen LogP contribution >= 0.6 is 11.6 Å². The van der Waals surface area contributed by atoms with Crippen LogP contribution in [0.15, 0.2) is 36.5 Å². The summed E-state index contributed by atoms with van der Waals surface area (Å²) in [5.74, 6) is 2.25. The molecule has 2 aromatic heterocycles. The fourth-order valence-electron chi connectivity index (χ4n) is 4.00. The van der Waals surface area contributed by atoms with Crippen molar-refractivity contribution in [2.45, 2.75) is 39.0 Å². The number of aromatic amines is 1. The van der Waals surface area contributed by atoms with Gasteiger partial charge >= 0.3 is 0 Å². The number of carbonyl (C=O) groups excluding carboxylic acids is 1. The normalized spacial score (nSPS) is 13.9. The quantitative estimate of drug-likeness (QED) is 0.408. The molecule has 3 aromatic rings. The number of hydrogen-bond acceptors (Lipinski definition) is 6. The molecule has 174 valence electrons. The van der Waals surface area contributed by atoms with E-state index in [1.807, 2.05) is 25.1 Å². The van der Waals surface area contributed by atoms with Gasteiger partial charge in [0.05, 0.1) is 6.61 Å². The summed E-state index contributed by atoms with van der Waals surface area (Å²) in [5, 5.41) is 11.5. The Morgan fingerprint density at radius 3 is 2.85 bits per heavy atom. The minimum Gasteiger partial charge on any atom is -0.491 e. The predicted octanol–water partition coefficient (Wildman–Crippen LogP) is 4.92. The molecule has 0 radical (unpaired) electrons. The third kappa shape index (κ3) is 6.30. The first kappa shape index (κ1) is 23.2. The topological polar surface area (TPSA) is 102 Å². The number of halogens is 1. The molecule has 8 nitrogen and oxygen atoms in total. The maximum Gasteiger partial charge on any atom is 0.294 e. The highest BCUT2D eigenvalue weighted by Gasteiger charge is 2.19. The van der Waals surface area contributed by atoms with Gasteiger partial charge in [0.15, 0.2) is 0 Å². The number of aromatic nitrogens is 4. The van der Waals surface area contributed by atoms with E-state index in [1.165, 1.54) is 25.7 Å². The Hall–Kier alpha value is -2.97. The van der Waals surface area contributed by atoms with E-state index in [4.69, 9.17) is 21.1 Å². The molecule has 1 aromatic carbocycles. The van der Waals surface area contributed by atoms with E-state index in [-0.39, 0.29) is 11.7 Å². The molecule has 1 aliphatic rings. The second-order valence-electron chi connectivity index (χ2n) is 8.05. The number of anilines is 1. The zero-order chi connectivity index (χ0) is 23.0. The highest BCUT2D eigenvalue weighted by Crippen LogP contribution is 2.32. The van der Waals surface area contributed by atoms with Crippen LogP contribution in [0.5, 0.6) is 5.75 Å². The molecule has 0 unspecified atom stereocenters. The van der Waals surface area contributed by atoms with E-state index in [1.54, 1.807) is 18.3 Å². The van der Waals surface area contributed by atoms with Crippen LogP contribution in [0.4, 0.5) is 5.82 Å². The molecule has 0 aliphatic heterocycles. The van der Waals surface area contributed by atoms with Gasteiger partial charge in [-0.2, -0.15) is 0 Å². The summed E-state index contributed by atoms with van der Waals surface area (Å²) in [4.78, 5) is 20.0. The summed E-state index contributed by atoms with van der Waals surface area (Å²) >= 11 is 6.43. The molecular weight excluding hydrogens is 442 g/mol. The molecule has 0 bridgehead atoms. The third-order valence-electron chi connectivity index (χ3n) is 5.66. The maximum absolute atomic E-state index is 12.7. The standard InChI is InChI=1S/C24H28ClN5O3/c1-2-32-11-12-33-18-7-8-20(25)19(15-18)17-9-10-26-21(14-17)28-24(31)23-27-22(29-30-23)13-16-5-3-4-6-16/h7-10,14-16H,2-6,11-13H2,1H3,(H,26,28,31)(H,27,29,30). The average Bonchev–Trinajstić information content (AvgIpc) is 3.51. The number of ether oxygens (including phenoxy) is 2. The molecular formula is C24H28ClN5O3. The summed E-state index contributed by atoms with van der Waals surface area (Å²) in [6.45, 7) is 3.56. The lowest BCUT2D eigenvalue weighted by Crippen LogP contribution is -2.15. The van der Waals surface area contributed by atoms with Crippen LogP contribution in [0.1, 0.15) is 49.1 Å².